The van der Waals surface area contributed by atoms with Gasteiger partial charge < -0.3 is 10.1 Å². The lowest BCUT2D eigenvalue weighted by Gasteiger charge is -2.11. The molecule has 0 fully saturated rings. The van der Waals surface area contributed by atoms with Gasteiger partial charge in [0.2, 0.25) is 0 Å². The quantitative estimate of drug-likeness (QED) is 0.897. The summed E-state index contributed by atoms with van der Waals surface area (Å²) in [6.45, 7) is 1.94. The number of aromatic nitrogens is 1. The van der Waals surface area contributed by atoms with Crippen LogP contribution in [0.15, 0.2) is 36.5 Å². The summed E-state index contributed by atoms with van der Waals surface area (Å²) in [7, 11) is 1.63. The molecule has 0 saturated carbocycles. The Morgan fingerprint density at radius 2 is 2.06 bits per heavy atom. The molecule has 0 radical (unpaired) electrons. The van der Waals surface area contributed by atoms with Crippen molar-refractivity contribution in [1.29, 1.82) is 0 Å². The maximum atomic E-state index is 6.12. The number of methoxy groups -OCH3 is 1. The third kappa shape index (κ3) is 2.68. The van der Waals surface area contributed by atoms with Gasteiger partial charge in [0.25, 0.3) is 0 Å². The minimum Gasteiger partial charge on any atom is -0.497 e. The summed E-state index contributed by atoms with van der Waals surface area (Å²) in [5.41, 5.74) is 2.66. The second-order valence-electron chi connectivity index (χ2n) is 3.61. The van der Waals surface area contributed by atoms with E-state index >= 15 is 0 Å². The Bertz CT molecular complexity index is 529. The molecule has 1 heterocycles. The largest absolute Gasteiger partial charge is 0.497 e. The first-order valence-electron chi connectivity index (χ1n) is 5.23. The average molecular weight is 249 g/mol. The zero-order valence-electron chi connectivity index (χ0n) is 9.70. The molecule has 4 heteroatoms. The number of pyridine rings is 1. The van der Waals surface area contributed by atoms with Crippen LogP contribution in [-0.4, -0.2) is 12.1 Å². The van der Waals surface area contributed by atoms with Crippen LogP contribution in [0, 0.1) is 6.92 Å². The second kappa shape index (κ2) is 5.06. The molecule has 1 aromatic carbocycles. The van der Waals surface area contributed by atoms with Gasteiger partial charge in [-0.2, -0.15) is 0 Å². The molecule has 0 atom stereocenters. The van der Waals surface area contributed by atoms with Crippen molar-refractivity contribution in [2.45, 2.75) is 6.92 Å². The van der Waals surface area contributed by atoms with E-state index in [9.17, 15) is 0 Å². The van der Waals surface area contributed by atoms with E-state index < -0.39 is 0 Å². The Kier molecular flexibility index (Phi) is 3.49. The Balaban J connectivity index is 2.32. The molecule has 2 aromatic rings. The van der Waals surface area contributed by atoms with E-state index in [0.29, 0.717) is 5.02 Å². The molecule has 3 nitrogen and oxygen atoms in total. The Morgan fingerprint density at radius 3 is 2.76 bits per heavy atom. The smallest absolute Gasteiger partial charge is 0.121 e. The Morgan fingerprint density at radius 1 is 1.24 bits per heavy atom. The third-order valence-electron chi connectivity index (χ3n) is 2.45. The topological polar surface area (TPSA) is 34.1 Å². The minimum absolute atomic E-state index is 0.647. The number of hydrogen-bond donors (Lipinski definition) is 1. The van der Waals surface area contributed by atoms with Crippen LogP contribution in [0.5, 0.6) is 5.75 Å². The van der Waals surface area contributed by atoms with Crippen LogP contribution in [0.3, 0.4) is 0 Å². The lowest BCUT2D eigenvalue weighted by atomic mass is 10.2. The molecular formula is C13H13ClN2O. The van der Waals surface area contributed by atoms with Crippen molar-refractivity contribution in [3.63, 3.8) is 0 Å². The van der Waals surface area contributed by atoms with Crippen LogP contribution in [0.2, 0.25) is 5.02 Å². The molecular weight excluding hydrogens is 236 g/mol. The van der Waals surface area contributed by atoms with Crippen LogP contribution in [0.4, 0.5) is 11.4 Å². The van der Waals surface area contributed by atoms with Gasteiger partial charge in [0.05, 0.1) is 29.2 Å². The van der Waals surface area contributed by atoms with E-state index in [4.69, 9.17) is 16.3 Å². The summed E-state index contributed by atoms with van der Waals surface area (Å²) in [5, 5.41) is 3.89. The molecule has 1 N–H and O–H groups in total. The molecule has 0 aliphatic carbocycles. The number of halogens is 1. The lowest BCUT2D eigenvalue weighted by Crippen LogP contribution is -1.96. The van der Waals surface area contributed by atoms with E-state index in [1.807, 2.05) is 31.2 Å². The third-order valence-corrected chi connectivity index (χ3v) is 2.78. The summed E-state index contributed by atoms with van der Waals surface area (Å²) in [6, 6.07) is 9.31. The van der Waals surface area contributed by atoms with Crippen molar-refractivity contribution >= 4 is 23.0 Å². The van der Waals surface area contributed by atoms with Gasteiger partial charge in [-0.3, -0.25) is 4.98 Å². The monoisotopic (exact) mass is 248 g/mol. The maximum Gasteiger partial charge on any atom is 0.121 e. The Labute approximate surface area is 105 Å². The summed E-state index contributed by atoms with van der Waals surface area (Å²) in [4.78, 5) is 4.21. The van der Waals surface area contributed by atoms with E-state index in [1.54, 1.807) is 19.4 Å². The van der Waals surface area contributed by atoms with Gasteiger partial charge in [0.15, 0.2) is 0 Å². The molecule has 2 rings (SSSR count). The Hall–Kier alpha value is -1.74. The number of nitrogens with zero attached hydrogens (tertiary/aromatic N) is 1. The summed E-state index contributed by atoms with van der Waals surface area (Å²) < 4.78 is 5.16. The van der Waals surface area contributed by atoms with Crippen LogP contribution in [0.1, 0.15) is 5.69 Å². The highest BCUT2D eigenvalue weighted by Gasteiger charge is 2.04. The van der Waals surface area contributed by atoms with Crippen LogP contribution in [0.25, 0.3) is 0 Å². The number of benzene rings is 1. The summed E-state index contributed by atoms with van der Waals surface area (Å²) >= 11 is 6.12. The van der Waals surface area contributed by atoms with E-state index in [0.717, 1.165) is 22.8 Å². The lowest BCUT2D eigenvalue weighted by molar-refractivity contribution is 0.415. The molecule has 0 aliphatic heterocycles. The van der Waals surface area contributed by atoms with E-state index in [-0.39, 0.29) is 0 Å². The molecule has 0 spiro atoms. The number of anilines is 2. The summed E-state index contributed by atoms with van der Waals surface area (Å²) in [6.07, 6.45) is 1.76. The molecule has 88 valence electrons. The van der Waals surface area contributed by atoms with Gasteiger partial charge in [0.1, 0.15) is 5.75 Å². The highest BCUT2D eigenvalue weighted by atomic mass is 35.5. The fraction of sp³-hybridized carbons (Fsp3) is 0.154. The minimum atomic E-state index is 0.647. The number of aryl methyl sites for hydroxylation is 1. The highest BCUT2D eigenvalue weighted by Crippen LogP contribution is 2.29. The fourth-order valence-corrected chi connectivity index (χ4v) is 1.65. The van der Waals surface area contributed by atoms with E-state index in [1.165, 1.54) is 0 Å². The fourth-order valence-electron chi connectivity index (χ4n) is 1.49. The van der Waals surface area contributed by atoms with Gasteiger partial charge >= 0.3 is 0 Å². The van der Waals surface area contributed by atoms with Crippen molar-refractivity contribution in [1.82, 2.24) is 4.98 Å². The van der Waals surface area contributed by atoms with Crippen molar-refractivity contribution in [3.05, 3.63) is 47.2 Å². The first kappa shape index (κ1) is 11.7. The molecule has 0 unspecified atom stereocenters. The number of ether oxygens (including phenoxy) is 1. The van der Waals surface area contributed by atoms with Gasteiger partial charge in [-0.1, -0.05) is 11.6 Å². The molecule has 17 heavy (non-hydrogen) atoms. The van der Waals surface area contributed by atoms with E-state index in [2.05, 4.69) is 10.3 Å². The standard InChI is InChI=1S/C13H13ClN2O/c1-9-12(4-3-7-15-9)16-13-8-10(17-2)5-6-11(13)14/h3-8,16H,1-2H3. The molecule has 1 aromatic heterocycles. The SMILES string of the molecule is COc1ccc(Cl)c(Nc2cccnc2C)c1. The van der Waals surface area contributed by atoms with Crippen LogP contribution >= 0.6 is 11.6 Å². The molecule has 0 saturated heterocycles. The zero-order chi connectivity index (χ0) is 12.3. The van der Waals surface area contributed by atoms with Crippen molar-refractivity contribution in [2.24, 2.45) is 0 Å². The normalized spacial score (nSPS) is 10.1. The second-order valence-corrected chi connectivity index (χ2v) is 4.01. The average Bonchev–Trinajstić information content (AvgIpc) is 2.35. The summed E-state index contributed by atoms with van der Waals surface area (Å²) in [5.74, 6) is 0.762. The number of rotatable bonds is 3. The predicted octanol–water partition coefficient (Wildman–Crippen LogP) is 3.80. The van der Waals surface area contributed by atoms with Crippen molar-refractivity contribution in [3.8, 4) is 5.75 Å². The predicted molar refractivity (Wildman–Crippen MR) is 70.3 cm³/mol. The number of nitrogens with one attached hydrogen (secondary N) is 1. The van der Waals surface area contributed by atoms with Crippen molar-refractivity contribution in [2.75, 3.05) is 12.4 Å². The first-order chi connectivity index (χ1) is 8.20. The zero-order valence-corrected chi connectivity index (χ0v) is 10.5. The van der Waals surface area contributed by atoms with Crippen LogP contribution in [-0.2, 0) is 0 Å². The molecule has 0 amide bonds. The molecule has 0 aliphatic rings. The van der Waals surface area contributed by atoms with Crippen LogP contribution < -0.4 is 10.1 Å². The van der Waals surface area contributed by atoms with Gasteiger partial charge in [0, 0.05) is 12.3 Å². The van der Waals surface area contributed by atoms with Crippen molar-refractivity contribution < 1.29 is 4.74 Å². The van der Waals surface area contributed by atoms with Gasteiger partial charge in [-0.15, -0.1) is 0 Å². The van der Waals surface area contributed by atoms with Gasteiger partial charge in [-0.25, -0.2) is 0 Å². The van der Waals surface area contributed by atoms with Gasteiger partial charge in [-0.05, 0) is 31.2 Å². The highest BCUT2D eigenvalue weighted by molar-refractivity contribution is 6.33. The number of hydrogen-bond acceptors (Lipinski definition) is 3. The molecule has 0 bridgehead atoms. The first-order valence-corrected chi connectivity index (χ1v) is 5.60. The maximum absolute atomic E-state index is 6.12.